The average molecular weight is 351 g/mol. The highest BCUT2D eigenvalue weighted by atomic mass is 16.6. The van der Waals surface area contributed by atoms with E-state index in [1.54, 1.807) is 7.05 Å². The second kappa shape index (κ2) is 6.96. The Morgan fingerprint density at radius 3 is 2.38 bits per heavy atom. The lowest BCUT2D eigenvalue weighted by Crippen LogP contribution is -2.34. The van der Waals surface area contributed by atoms with Crippen LogP contribution in [-0.2, 0) is 4.74 Å². The van der Waals surface area contributed by atoms with Gasteiger partial charge in [0.1, 0.15) is 5.60 Å². The topological polar surface area (TPSA) is 49.8 Å². The Hall–Kier alpha value is -2.59. The summed E-state index contributed by atoms with van der Waals surface area (Å²) in [5.74, 6) is -0.106. The maximum atomic E-state index is 12.2. The van der Waals surface area contributed by atoms with Crippen LogP contribution in [0.1, 0.15) is 49.5 Å². The van der Waals surface area contributed by atoms with Crippen LogP contribution in [0.15, 0.2) is 54.6 Å². The van der Waals surface area contributed by atoms with E-state index in [9.17, 15) is 9.90 Å². The van der Waals surface area contributed by atoms with Gasteiger partial charge in [-0.1, -0.05) is 48.6 Å². The molecule has 1 aliphatic rings. The minimum absolute atomic E-state index is 0.106. The Morgan fingerprint density at radius 2 is 1.73 bits per heavy atom. The summed E-state index contributed by atoms with van der Waals surface area (Å²) in [4.78, 5) is 13.7. The van der Waals surface area contributed by atoms with E-state index in [1.807, 2.05) is 81.5 Å². The van der Waals surface area contributed by atoms with Crippen LogP contribution in [0.25, 0.3) is 6.08 Å². The number of carbonyl (C=O) groups excluding carboxylic acids is 1. The van der Waals surface area contributed by atoms with Gasteiger partial charge in [-0.25, -0.2) is 4.79 Å². The summed E-state index contributed by atoms with van der Waals surface area (Å²) >= 11 is 0. The lowest BCUT2D eigenvalue weighted by molar-refractivity contribution is 0.0589. The average Bonchev–Trinajstić information content (AvgIpc) is 2.60. The molecular weight excluding hydrogens is 326 g/mol. The molecule has 0 radical (unpaired) electrons. The van der Waals surface area contributed by atoms with Gasteiger partial charge in [0.05, 0.1) is 6.10 Å². The molecule has 1 amide bonds. The molecule has 26 heavy (non-hydrogen) atoms. The fourth-order valence-corrected chi connectivity index (χ4v) is 3.09. The van der Waals surface area contributed by atoms with Gasteiger partial charge in [0, 0.05) is 18.7 Å². The monoisotopic (exact) mass is 351 g/mol. The molecule has 0 unspecified atom stereocenters. The summed E-state index contributed by atoms with van der Waals surface area (Å²) in [7, 11) is 1.69. The molecular formula is C22H25NO3. The summed E-state index contributed by atoms with van der Waals surface area (Å²) < 4.78 is 5.39. The summed E-state index contributed by atoms with van der Waals surface area (Å²) in [5, 5.41) is 10.7. The van der Waals surface area contributed by atoms with Gasteiger partial charge < -0.3 is 9.84 Å². The minimum Gasteiger partial charge on any atom is -0.443 e. The van der Waals surface area contributed by atoms with Crippen LogP contribution in [0.4, 0.5) is 10.5 Å². The van der Waals surface area contributed by atoms with Crippen molar-refractivity contribution in [2.75, 3.05) is 11.9 Å². The van der Waals surface area contributed by atoms with Crippen molar-refractivity contribution >= 4 is 17.9 Å². The second-order valence-electron chi connectivity index (χ2n) is 7.59. The van der Waals surface area contributed by atoms with E-state index >= 15 is 0 Å². The lowest BCUT2D eigenvalue weighted by Gasteiger charge is -2.27. The number of aliphatic hydroxyl groups excluding tert-OH is 1. The lowest BCUT2D eigenvalue weighted by atomic mass is 9.83. The summed E-state index contributed by atoms with van der Waals surface area (Å²) in [5.41, 5.74) is 3.21. The van der Waals surface area contributed by atoms with E-state index < -0.39 is 17.8 Å². The van der Waals surface area contributed by atoms with Gasteiger partial charge >= 0.3 is 6.09 Å². The molecule has 0 bridgehead atoms. The van der Waals surface area contributed by atoms with Crippen molar-refractivity contribution < 1.29 is 14.6 Å². The fraction of sp³-hybridized carbons (Fsp3) is 0.318. The van der Waals surface area contributed by atoms with Crippen molar-refractivity contribution in [2.24, 2.45) is 0 Å². The molecule has 0 spiro atoms. The van der Waals surface area contributed by atoms with Crippen molar-refractivity contribution in [3.63, 3.8) is 0 Å². The van der Waals surface area contributed by atoms with Gasteiger partial charge in [-0.3, -0.25) is 4.90 Å². The van der Waals surface area contributed by atoms with Gasteiger partial charge in [0.15, 0.2) is 0 Å². The Morgan fingerprint density at radius 1 is 1.08 bits per heavy atom. The zero-order valence-corrected chi connectivity index (χ0v) is 15.6. The summed E-state index contributed by atoms with van der Waals surface area (Å²) in [6.07, 6.45) is 3.11. The predicted octanol–water partition coefficient (Wildman–Crippen LogP) is 4.90. The molecule has 1 aliphatic carbocycles. The molecule has 0 aliphatic heterocycles. The van der Waals surface area contributed by atoms with Crippen LogP contribution < -0.4 is 4.90 Å². The van der Waals surface area contributed by atoms with Crippen molar-refractivity contribution in [3.8, 4) is 0 Å². The second-order valence-corrected chi connectivity index (χ2v) is 7.59. The SMILES string of the molecule is CN(C(=O)OC(C)(C)C)c1ccc([C@H]2C=Cc3ccccc3[C@H]2O)cc1. The number of amides is 1. The Labute approximate surface area is 154 Å². The quantitative estimate of drug-likeness (QED) is 0.837. The van der Waals surface area contributed by atoms with E-state index in [1.165, 1.54) is 4.90 Å². The van der Waals surface area contributed by atoms with Crippen LogP contribution in [0, 0.1) is 0 Å². The molecule has 2 aromatic carbocycles. The van der Waals surface area contributed by atoms with Crippen LogP contribution in [0.2, 0.25) is 0 Å². The number of nitrogens with zero attached hydrogens (tertiary/aromatic N) is 1. The van der Waals surface area contributed by atoms with Gasteiger partial charge in [-0.15, -0.1) is 0 Å². The molecule has 0 saturated heterocycles. The number of benzene rings is 2. The number of carbonyl (C=O) groups is 1. The van der Waals surface area contributed by atoms with Crippen molar-refractivity contribution in [1.29, 1.82) is 0 Å². The Bertz CT molecular complexity index is 818. The highest BCUT2D eigenvalue weighted by Gasteiger charge is 2.26. The maximum Gasteiger partial charge on any atom is 0.414 e. The van der Waals surface area contributed by atoms with Crippen LogP contribution in [0.5, 0.6) is 0 Å². The van der Waals surface area contributed by atoms with Gasteiger partial charge in [0.2, 0.25) is 0 Å². The first-order valence-electron chi connectivity index (χ1n) is 8.78. The third kappa shape index (κ3) is 3.81. The minimum atomic E-state index is -0.578. The fourth-order valence-electron chi connectivity index (χ4n) is 3.09. The first kappa shape index (κ1) is 18.2. The van der Waals surface area contributed by atoms with E-state index in [0.717, 1.165) is 22.4 Å². The molecule has 0 fully saturated rings. The predicted molar refractivity (Wildman–Crippen MR) is 104 cm³/mol. The number of anilines is 1. The third-order valence-electron chi connectivity index (χ3n) is 4.47. The number of rotatable bonds is 2. The standard InChI is InChI=1S/C22H25NO3/c1-22(2,3)26-21(25)23(4)17-12-9-16(10-13-17)19-14-11-15-7-5-6-8-18(15)20(19)24/h5-14,19-20,24H,1-4H3/t19-,20-/m1/s1. The Balaban J connectivity index is 1.77. The molecule has 0 saturated carbocycles. The van der Waals surface area contributed by atoms with E-state index in [2.05, 4.69) is 0 Å². The maximum absolute atomic E-state index is 12.2. The number of hydrogen-bond acceptors (Lipinski definition) is 3. The van der Waals surface area contributed by atoms with Gasteiger partial charge in [-0.2, -0.15) is 0 Å². The van der Waals surface area contributed by atoms with Crippen LogP contribution in [-0.4, -0.2) is 23.8 Å². The number of hydrogen-bond donors (Lipinski definition) is 1. The number of aliphatic hydroxyl groups is 1. The molecule has 4 heteroatoms. The number of ether oxygens (including phenoxy) is 1. The summed E-state index contributed by atoms with van der Waals surface area (Å²) in [6, 6.07) is 15.5. The largest absolute Gasteiger partial charge is 0.443 e. The Kier molecular flexibility index (Phi) is 4.88. The van der Waals surface area contributed by atoms with Crippen molar-refractivity contribution in [2.45, 2.75) is 38.4 Å². The van der Waals surface area contributed by atoms with E-state index in [0.29, 0.717) is 0 Å². The van der Waals surface area contributed by atoms with Crippen molar-refractivity contribution in [3.05, 3.63) is 71.3 Å². The molecule has 136 valence electrons. The van der Waals surface area contributed by atoms with Crippen LogP contribution >= 0.6 is 0 Å². The molecule has 2 atom stereocenters. The molecule has 3 rings (SSSR count). The molecule has 2 aromatic rings. The van der Waals surface area contributed by atoms with Crippen LogP contribution in [0.3, 0.4) is 0 Å². The zero-order chi connectivity index (χ0) is 18.9. The molecule has 1 N–H and O–H groups in total. The van der Waals surface area contributed by atoms with Gasteiger partial charge in [0.25, 0.3) is 0 Å². The molecule has 4 nitrogen and oxygen atoms in total. The third-order valence-corrected chi connectivity index (χ3v) is 4.47. The zero-order valence-electron chi connectivity index (χ0n) is 15.6. The number of fused-ring (bicyclic) bond motifs is 1. The molecule has 0 heterocycles. The van der Waals surface area contributed by atoms with E-state index in [4.69, 9.17) is 4.74 Å². The highest BCUT2D eigenvalue weighted by molar-refractivity contribution is 5.87. The first-order valence-corrected chi connectivity index (χ1v) is 8.78. The summed E-state index contributed by atoms with van der Waals surface area (Å²) in [6.45, 7) is 5.53. The van der Waals surface area contributed by atoms with E-state index in [-0.39, 0.29) is 5.92 Å². The smallest absolute Gasteiger partial charge is 0.414 e. The highest BCUT2D eigenvalue weighted by Crippen LogP contribution is 2.38. The van der Waals surface area contributed by atoms with Crippen molar-refractivity contribution in [1.82, 2.24) is 0 Å². The van der Waals surface area contributed by atoms with Gasteiger partial charge in [-0.05, 0) is 49.6 Å². The normalized spacial score (nSPS) is 19.0. The molecule has 0 aromatic heterocycles. The first-order chi connectivity index (χ1) is 12.3.